The van der Waals surface area contributed by atoms with E-state index < -0.39 is 10.0 Å². The van der Waals surface area contributed by atoms with E-state index >= 15 is 0 Å². The summed E-state index contributed by atoms with van der Waals surface area (Å²) in [6.07, 6.45) is 0. The van der Waals surface area contributed by atoms with E-state index in [-0.39, 0.29) is 4.90 Å². The van der Waals surface area contributed by atoms with Crippen LogP contribution in [-0.4, -0.2) is 15.5 Å². The van der Waals surface area contributed by atoms with Crippen LogP contribution in [0.15, 0.2) is 51.8 Å². The molecule has 4 nitrogen and oxygen atoms in total. The summed E-state index contributed by atoms with van der Waals surface area (Å²) in [5.74, 6) is 0. The minimum atomic E-state index is -3.62. The van der Waals surface area contributed by atoms with Gasteiger partial charge in [0, 0.05) is 14.6 Å². The molecule has 0 bridgehead atoms. The maximum atomic E-state index is 12.5. The van der Waals surface area contributed by atoms with Crippen molar-refractivity contribution < 1.29 is 8.42 Å². The van der Waals surface area contributed by atoms with Crippen LogP contribution in [0.1, 0.15) is 5.56 Å². The molecule has 0 radical (unpaired) electrons. The van der Waals surface area contributed by atoms with Crippen molar-refractivity contribution in [2.24, 2.45) is 0 Å². The third-order valence-electron chi connectivity index (χ3n) is 2.78. The largest absolute Gasteiger partial charge is 0.316 e. The molecular weight excluding hydrogens is 467 g/mol. The van der Waals surface area contributed by atoms with Gasteiger partial charge in [0.2, 0.25) is 0 Å². The maximum Gasteiger partial charge on any atom is 0.263 e. The number of para-hydroxylation sites is 1. The highest BCUT2D eigenvalue weighted by Gasteiger charge is 2.18. The molecule has 2 aromatic rings. The highest BCUT2D eigenvalue weighted by Crippen LogP contribution is 2.27. The molecule has 2 N–H and O–H groups in total. The molecule has 2 aromatic carbocycles. The number of halogens is 2. The predicted octanol–water partition coefficient (Wildman–Crippen LogP) is 3.57. The molecule has 0 aliphatic heterocycles. The summed E-state index contributed by atoms with van der Waals surface area (Å²) in [6.45, 7) is 0.683. The molecule has 0 saturated carbocycles. The summed E-state index contributed by atoms with van der Waals surface area (Å²) in [7, 11) is -1.78. The van der Waals surface area contributed by atoms with Gasteiger partial charge in [0.1, 0.15) is 4.90 Å². The highest BCUT2D eigenvalue weighted by atomic mass is 127. The summed E-state index contributed by atoms with van der Waals surface area (Å²) in [5.41, 5.74) is 1.59. The predicted molar refractivity (Wildman–Crippen MR) is 96.9 cm³/mol. The lowest BCUT2D eigenvalue weighted by Crippen LogP contribution is -2.15. The first-order chi connectivity index (χ1) is 9.94. The Morgan fingerprint density at radius 3 is 2.52 bits per heavy atom. The molecule has 0 aliphatic carbocycles. The van der Waals surface area contributed by atoms with E-state index in [4.69, 9.17) is 0 Å². The van der Waals surface area contributed by atoms with Crippen LogP contribution >= 0.6 is 38.5 Å². The normalized spacial score (nSPS) is 11.4. The summed E-state index contributed by atoms with van der Waals surface area (Å²) in [4.78, 5) is 0.224. The Labute approximate surface area is 146 Å². The van der Waals surface area contributed by atoms with E-state index in [1.165, 1.54) is 0 Å². The minimum absolute atomic E-state index is 0.224. The lowest BCUT2D eigenvalue weighted by Gasteiger charge is -2.12. The van der Waals surface area contributed by atoms with Gasteiger partial charge in [-0.05, 0) is 75.4 Å². The second kappa shape index (κ2) is 7.08. The van der Waals surface area contributed by atoms with Gasteiger partial charge in [-0.25, -0.2) is 8.42 Å². The quantitative estimate of drug-likeness (QED) is 0.643. The van der Waals surface area contributed by atoms with Crippen LogP contribution in [0, 0.1) is 3.57 Å². The van der Waals surface area contributed by atoms with E-state index in [9.17, 15) is 8.42 Å². The highest BCUT2D eigenvalue weighted by molar-refractivity contribution is 14.1. The molecule has 0 saturated heterocycles. The summed E-state index contributed by atoms with van der Waals surface area (Å²) >= 11 is 5.43. The van der Waals surface area contributed by atoms with E-state index in [1.54, 1.807) is 30.3 Å². The van der Waals surface area contributed by atoms with Gasteiger partial charge >= 0.3 is 0 Å². The van der Waals surface area contributed by atoms with Crippen molar-refractivity contribution in [2.75, 3.05) is 11.8 Å². The number of anilines is 1. The van der Waals surface area contributed by atoms with Crippen molar-refractivity contribution in [1.82, 2.24) is 5.32 Å². The molecule has 112 valence electrons. The van der Waals surface area contributed by atoms with Gasteiger partial charge in [-0.15, -0.1) is 0 Å². The van der Waals surface area contributed by atoms with Crippen molar-refractivity contribution in [1.29, 1.82) is 0 Å². The Balaban J connectivity index is 2.34. The fourth-order valence-electron chi connectivity index (χ4n) is 1.82. The monoisotopic (exact) mass is 480 g/mol. The molecule has 0 amide bonds. The fourth-order valence-corrected chi connectivity index (χ4v) is 4.73. The van der Waals surface area contributed by atoms with Gasteiger partial charge in [0.05, 0.1) is 5.69 Å². The molecule has 0 heterocycles. The zero-order chi connectivity index (χ0) is 15.5. The summed E-state index contributed by atoms with van der Waals surface area (Å²) in [5, 5.41) is 3.03. The molecule has 0 unspecified atom stereocenters. The average molecular weight is 481 g/mol. The van der Waals surface area contributed by atoms with Gasteiger partial charge in [0.15, 0.2) is 0 Å². The van der Waals surface area contributed by atoms with Crippen LogP contribution in [0.3, 0.4) is 0 Å². The lowest BCUT2D eigenvalue weighted by atomic mass is 10.2. The van der Waals surface area contributed by atoms with Crippen molar-refractivity contribution in [3.63, 3.8) is 0 Å². The number of hydrogen-bond donors (Lipinski definition) is 2. The number of hydrogen-bond acceptors (Lipinski definition) is 3. The first-order valence-electron chi connectivity index (χ1n) is 6.14. The van der Waals surface area contributed by atoms with E-state index in [0.29, 0.717) is 16.7 Å². The third-order valence-corrected chi connectivity index (χ3v) is 6.07. The topological polar surface area (TPSA) is 58.2 Å². The van der Waals surface area contributed by atoms with Gasteiger partial charge in [-0.1, -0.05) is 18.2 Å². The molecule has 0 aromatic heterocycles. The molecule has 0 aliphatic rings. The standard InChI is InChI=1S/C14H14BrIN2O2S/c1-17-9-10-6-7-14(11(15)8-10)21(19,20)18-13-5-3-2-4-12(13)16/h2-8,17-18H,9H2,1H3. The van der Waals surface area contributed by atoms with Gasteiger partial charge in [0.25, 0.3) is 10.0 Å². The van der Waals surface area contributed by atoms with Crippen LogP contribution in [0.4, 0.5) is 5.69 Å². The van der Waals surface area contributed by atoms with Gasteiger partial charge in [-0.3, -0.25) is 4.72 Å². The summed E-state index contributed by atoms with van der Waals surface area (Å²) < 4.78 is 29.0. The Bertz CT molecular complexity index is 750. The Morgan fingerprint density at radius 2 is 1.90 bits per heavy atom. The average Bonchev–Trinajstić information content (AvgIpc) is 2.41. The first kappa shape index (κ1) is 16.7. The molecular formula is C14H14BrIN2O2S. The number of rotatable bonds is 5. The van der Waals surface area contributed by atoms with E-state index in [1.807, 2.05) is 19.2 Å². The third kappa shape index (κ3) is 4.18. The molecule has 2 rings (SSSR count). The molecule has 0 atom stereocenters. The van der Waals surface area contributed by atoms with Crippen LogP contribution < -0.4 is 10.0 Å². The molecule has 21 heavy (non-hydrogen) atoms. The molecule has 0 spiro atoms. The second-order valence-electron chi connectivity index (χ2n) is 4.38. The summed E-state index contributed by atoms with van der Waals surface area (Å²) in [6, 6.07) is 12.5. The smallest absolute Gasteiger partial charge is 0.263 e. The Kier molecular flexibility index (Phi) is 5.64. The zero-order valence-corrected chi connectivity index (χ0v) is 15.8. The fraction of sp³-hybridized carbons (Fsp3) is 0.143. The molecule has 7 heteroatoms. The van der Waals surface area contributed by atoms with Crippen LogP contribution in [0.2, 0.25) is 0 Å². The number of benzene rings is 2. The molecule has 0 fully saturated rings. The number of nitrogens with one attached hydrogen (secondary N) is 2. The van der Waals surface area contributed by atoms with Crippen molar-refractivity contribution in [2.45, 2.75) is 11.4 Å². The SMILES string of the molecule is CNCc1ccc(S(=O)(=O)Nc2ccccc2I)c(Br)c1. The van der Waals surface area contributed by atoms with Gasteiger partial charge < -0.3 is 5.32 Å². The van der Waals surface area contributed by atoms with Gasteiger partial charge in [-0.2, -0.15) is 0 Å². The first-order valence-corrected chi connectivity index (χ1v) is 9.50. The van der Waals surface area contributed by atoms with Crippen LogP contribution in [-0.2, 0) is 16.6 Å². The van der Waals surface area contributed by atoms with Crippen LogP contribution in [0.5, 0.6) is 0 Å². The number of sulfonamides is 1. The Morgan fingerprint density at radius 1 is 1.19 bits per heavy atom. The van der Waals surface area contributed by atoms with Crippen molar-refractivity contribution in [3.8, 4) is 0 Å². The zero-order valence-electron chi connectivity index (χ0n) is 11.2. The van der Waals surface area contributed by atoms with E-state index in [2.05, 4.69) is 48.6 Å². The maximum absolute atomic E-state index is 12.5. The van der Waals surface area contributed by atoms with E-state index in [0.717, 1.165) is 9.13 Å². The van der Waals surface area contributed by atoms with Crippen molar-refractivity contribution in [3.05, 3.63) is 56.1 Å². The second-order valence-corrected chi connectivity index (χ2v) is 8.05. The van der Waals surface area contributed by atoms with Crippen molar-refractivity contribution >= 4 is 54.2 Å². The van der Waals surface area contributed by atoms with Crippen LogP contribution in [0.25, 0.3) is 0 Å². The lowest BCUT2D eigenvalue weighted by molar-refractivity contribution is 0.600. The Hall–Kier alpha value is -0.640. The minimum Gasteiger partial charge on any atom is -0.316 e.